The number of oxime groups is 1. The van der Waals surface area contributed by atoms with Crippen LogP contribution in [0.25, 0.3) is 0 Å². The van der Waals surface area contributed by atoms with Crippen molar-refractivity contribution < 1.29 is 10.0 Å². The van der Waals surface area contributed by atoms with Gasteiger partial charge in [0.2, 0.25) is 5.91 Å². The largest absolute Gasteiger partial charge is 0.411 e. The first-order chi connectivity index (χ1) is 8.52. The Balaban J connectivity index is 2.55. The van der Waals surface area contributed by atoms with Gasteiger partial charge in [0.1, 0.15) is 0 Å². The van der Waals surface area contributed by atoms with Gasteiger partial charge in [-0.3, -0.25) is 4.79 Å². The van der Waals surface area contributed by atoms with Crippen molar-refractivity contribution in [3.8, 4) is 0 Å². The van der Waals surface area contributed by atoms with Crippen LogP contribution in [0.4, 0.5) is 5.69 Å². The molecule has 0 bridgehead atoms. The van der Waals surface area contributed by atoms with Gasteiger partial charge in [-0.15, -0.1) is 0 Å². The lowest BCUT2D eigenvalue weighted by atomic mass is 10.1. The molecule has 0 heterocycles. The molecule has 0 spiro atoms. The molecule has 0 saturated heterocycles. The highest BCUT2D eigenvalue weighted by atomic mass is 16.4. The zero-order valence-electron chi connectivity index (χ0n) is 10.3. The fourth-order valence-electron chi connectivity index (χ4n) is 1.16. The Morgan fingerprint density at radius 1 is 1.28 bits per heavy atom. The van der Waals surface area contributed by atoms with Gasteiger partial charge in [0, 0.05) is 5.69 Å². The predicted octanol–water partition coefficient (Wildman–Crippen LogP) is 1.15. The molecule has 1 rings (SSSR count). The van der Waals surface area contributed by atoms with E-state index in [4.69, 9.17) is 10.9 Å². The van der Waals surface area contributed by atoms with Crippen LogP contribution in [0.5, 0.6) is 0 Å². The number of carbonyl (C=O) groups excluding carboxylic acids is 1. The number of amides is 1. The summed E-state index contributed by atoms with van der Waals surface area (Å²) in [5, 5.41) is 15.3. The number of carbonyl (C=O) groups is 1. The van der Waals surface area contributed by atoms with Crippen LogP contribution in [-0.4, -0.2) is 22.5 Å². The molecule has 0 atom stereocenters. The van der Waals surface area contributed by atoms with Gasteiger partial charge in [-0.25, -0.2) is 5.43 Å². The van der Waals surface area contributed by atoms with Crippen molar-refractivity contribution in [1.82, 2.24) is 5.43 Å². The van der Waals surface area contributed by atoms with E-state index in [0.29, 0.717) is 17.1 Å². The van der Waals surface area contributed by atoms with Crippen LogP contribution in [0.3, 0.4) is 0 Å². The average molecular weight is 248 g/mol. The maximum absolute atomic E-state index is 11.6. The van der Waals surface area contributed by atoms with Gasteiger partial charge in [-0.05, 0) is 31.5 Å². The van der Waals surface area contributed by atoms with Crippen LogP contribution in [0.2, 0.25) is 0 Å². The number of benzene rings is 1. The van der Waals surface area contributed by atoms with Gasteiger partial charge in [-0.1, -0.05) is 17.3 Å². The van der Waals surface area contributed by atoms with E-state index in [1.165, 1.54) is 0 Å². The van der Waals surface area contributed by atoms with Crippen molar-refractivity contribution in [2.24, 2.45) is 10.3 Å². The zero-order chi connectivity index (χ0) is 13.5. The Labute approximate surface area is 105 Å². The number of anilines is 1. The number of hydrazone groups is 1. The van der Waals surface area contributed by atoms with Gasteiger partial charge in [0.05, 0.1) is 17.8 Å². The lowest BCUT2D eigenvalue weighted by Crippen LogP contribution is -2.22. The van der Waals surface area contributed by atoms with Crippen molar-refractivity contribution in [3.63, 3.8) is 0 Å². The number of nitrogens with one attached hydrogen (secondary N) is 1. The standard InChI is InChI=1S/C12H16N4O2/c1-8(9(2)16-18)14-15-12(17)7-10-3-5-11(13)6-4-10/h3-6,18H,7,13H2,1-2H3,(H,15,17)/b14-8+,16-9+. The number of nitrogens with zero attached hydrogens (tertiary/aromatic N) is 2. The summed E-state index contributed by atoms with van der Waals surface area (Å²) in [4.78, 5) is 11.6. The second-order valence-corrected chi connectivity index (χ2v) is 3.84. The number of nitrogen functional groups attached to an aromatic ring is 1. The molecule has 6 nitrogen and oxygen atoms in total. The quantitative estimate of drug-likeness (QED) is 0.322. The second-order valence-electron chi connectivity index (χ2n) is 3.84. The minimum atomic E-state index is -0.245. The molecule has 0 unspecified atom stereocenters. The third-order valence-corrected chi connectivity index (χ3v) is 2.37. The minimum absolute atomic E-state index is 0.215. The first kappa shape index (κ1) is 13.7. The highest BCUT2D eigenvalue weighted by Gasteiger charge is 2.03. The van der Waals surface area contributed by atoms with Crippen molar-refractivity contribution >= 4 is 23.0 Å². The van der Waals surface area contributed by atoms with E-state index in [1.54, 1.807) is 38.1 Å². The van der Waals surface area contributed by atoms with Gasteiger partial charge in [0.15, 0.2) is 0 Å². The molecule has 0 aliphatic rings. The Kier molecular flexibility index (Phi) is 4.86. The molecule has 0 radical (unpaired) electrons. The fraction of sp³-hybridized carbons (Fsp3) is 0.250. The second kappa shape index (κ2) is 6.39. The summed E-state index contributed by atoms with van der Waals surface area (Å²) >= 11 is 0. The van der Waals surface area contributed by atoms with E-state index >= 15 is 0 Å². The fourth-order valence-corrected chi connectivity index (χ4v) is 1.16. The SMILES string of the molecule is CC(=N\O)/C(C)=N/NC(=O)Cc1ccc(N)cc1. The summed E-state index contributed by atoms with van der Waals surface area (Å²) in [5.41, 5.74) is 10.2. The van der Waals surface area contributed by atoms with Crippen LogP contribution in [0.1, 0.15) is 19.4 Å². The molecule has 0 aliphatic heterocycles. The number of hydrogen-bond donors (Lipinski definition) is 3. The van der Waals surface area contributed by atoms with E-state index in [2.05, 4.69) is 15.7 Å². The molecule has 1 aromatic rings. The topological polar surface area (TPSA) is 100 Å². The maximum atomic E-state index is 11.6. The van der Waals surface area contributed by atoms with Gasteiger partial charge < -0.3 is 10.9 Å². The van der Waals surface area contributed by atoms with E-state index in [9.17, 15) is 4.79 Å². The summed E-state index contributed by atoms with van der Waals surface area (Å²) in [6, 6.07) is 7.04. The van der Waals surface area contributed by atoms with E-state index in [0.717, 1.165) is 5.56 Å². The Morgan fingerprint density at radius 2 is 1.89 bits per heavy atom. The van der Waals surface area contributed by atoms with Gasteiger partial charge in [-0.2, -0.15) is 5.10 Å². The van der Waals surface area contributed by atoms with Crippen molar-refractivity contribution in [2.45, 2.75) is 20.3 Å². The summed E-state index contributed by atoms with van der Waals surface area (Å²) < 4.78 is 0. The highest BCUT2D eigenvalue weighted by molar-refractivity contribution is 6.40. The van der Waals surface area contributed by atoms with Crippen LogP contribution >= 0.6 is 0 Å². The van der Waals surface area contributed by atoms with Crippen molar-refractivity contribution in [1.29, 1.82) is 0 Å². The first-order valence-corrected chi connectivity index (χ1v) is 5.39. The molecule has 6 heteroatoms. The zero-order valence-corrected chi connectivity index (χ0v) is 10.3. The molecule has 96 valence electrons. The molecule has 0 aliphatic carbocycles. The molecule has 4 N–H and O–H groups in total. The molecule has 0 aromatic heterocycles. The maximum Gasteiger partial charge on any atom is 0.244 e. The van der Waals surface area contributed by atoms with E-state index in [-0.39, 0.29) is 12.3 Å². The Bertz CT molecular complexity index is 477. The normalized spacial score (nSPS) is 12.3. The van der Waals surface area contributed by atoms with Gasteiger partial charge in [0.25, 0.3) is 0 Å². The molecular formula is C12H16N4O2. The van der Waals surface area contributed by atoms with Crippen LogP contribution in [-0.2, 0) is 11.2 Å². The lowest BCUT2D eigenvalue weighted by molar-refractivity contribution is -0.120. The number of rotatable bonds is 4. The third-order valence-electron chi connectivity index (χ3n) is 2.37. The Morgan fingerprint density at radius 3 is 2.44 bits per heavy atom. The number of nitrogens with two attached hydrogens (primary N) is 1. The first-order valence-electron chi connectivity index (χ1n) is 5.39. The number of hydrogen-bond acceptors (Lipinski definition) is 5. The molecule has 0 saturated carbocycles. The monoisotopic (exact) mass is 248 g/mol. The minimum Gasteiger partial charge on any atom is -0.411 e. The average Bonchev–Trinajstić information content (AvgIpc) is 2.37. The van der Waals surface area contributed by atoms with E-state index in [1.807, 2.05) is 0 Å². The molecule has 1 amide bonds. The van der Waals surface area contributed by atoms with Crippen LogP contribution in [0, 0.1) is 0 Å². The Hall–Kier alpha value is -2.37. The van der Waals surface area contributed by atoms with Crippen molar-refractivity contribution in [3.05, 3.63) is 29.8 Å². The van der Waals surface area contributed by atoms with Crippen LogP contribution < -0.4 is 11.2 Å². The molecule has 0 fully saturated rings. The molecule has 1 aromatic carbocycles. The van der Waals surface area contributed by atoms with Crippen LogP contribution in [0.15, 0.2) is 34.5 Å². The summed E-state index contributed by atoms with van der Waals surface area (Å²) in [6.45, 7) is 3.23. The summed E-state index contributed by atoms with van der Waals surface area (Å²) in [5.74, 6) is -0.245. The van der Waals surface area contributed by atoms with E-state index < -0.39 is 0 Å². The smallest absolute Gasteiger partial charge is 0.244 e. The third kappa shape index (κ3) is 4.25. The summed E-state index contributed by atoms with van der Waals surface area (Å²) in [6.07, 6.45) is 0.215. The van der Waals surface area contributed by atoms with Crippen molar-refractivity contribution in [2.75, 3.05) is 5.73 Å². The van der Waals surface area contributed by atoms with Gasteiger partial charge >= 0.3 is 0 Å². The predicted molar refractivity (Wildman–Crippen MR) is 70.7 cm³/mol. The lowest BCUT2D eigenvalue weighted by Gasteiger charge is -2.02. The highest BCUT2D eigenvalue weighted by Crippen LogP contribution is 2.05. The molecular weight excluding hydrogens is 232 g/mol. The summed E-state index contributed by atoms with van der Waals surface area (Å²) in [7, 11) is 0. The molecule has 18 heavy (non-hydrogen) atoms.